The van der Waals surface area contributed by atoms with Gasteiger partial charge in [-0.15, -0.1) is 0 Å². The van der Waals surface area contributed by atoms with Gasteiger partial charge in [-0.3, -0.25) is 13.9 Å². The molecule has 0 aliphatic rings. The Labute approximate surface area is 249 Å². The van der Waals surface area contributed by atoms with E-state index >= 15 is 0 Å². The highest BCUT2D eigenvalue weighted by atomic mass is 79.9. The van der Waals surface area contributed by atoms with Gasteiger partial charge in [-0.05, 0) is 79.1 Å². The third kappa shape index (κ3) is 8.22. The predicted octanol–water partition coefficient (Wildman–Crippen LogP) is 5.50. The van der Waals surface area contributed by atoms with Crippen molar-refractivity contribution >= 4 is 55.1 Å². The van der Waals surface area contributed by atoms with Crippen LogP contribution in [0.1, 0.15) is 26.3 Å². The average molecular weight is 651 g/mol. The summed E-state index contributed by atoms with van der Waals surface area (Å²) in [7, 11) is -2.70. The molecule has 0 aliphatic heterocycles. The maximum absolute atomic E-state index is 13.9. The number of halogens is 2. The van der Waals surface area contributed by atoms with Crippen molar-refractivity contribution in [3.05, 3.63) is 87.9 Å². The molecule has 0 saturated heterocycles. The highest BCUT2D eigenvalue weighted by molar-refractivity contribution is 9.10. The van der Waals surface area contributed by atoms with Gasteiger partial charge in [0.2, 0.25) is 11.8 Å². The summed E-state index contributed by atoms with van der Waals surface area (Å²) in [6, 6.07) is 18.6. The number of nitrogens with zero attached hydrogens (tertiary/aromatic N) is 2. The second-order valence-corrected chi connectivity index (χ2v) is 12.8. The van der Waals surface area contributed by atoms with E-state index in [1.807, 2.05) is 38.1 Å². The molecular weight excluding hydrogens is 618 g/mol. The van der Waals surface area contributed by atoms with Crippen LogP contribution < -0.4 is 14.4 Å². The van der Waals surface area contributed by atoms with E-state index in [2.05, 4.69) is 21.2 Å². The van der Waals surface area contributed by atoms with E-state index in [1.54, 1.807) is 19.1 Å². The van der Waals surface area contributed by atoms with Crippen LogP contribution in [0.25, 0.3) is 0 Å². The molecule has 11 heteroatoms. The van der Waals surface area contributed by atoms with E-state index in [4.69, 9.17) is 16.3 Å². The van der Waals surface area contributed by atoms with Crippen LogP contribution in [0.15, 0.2) is 82.2 Å². The van der Waals surface area contributed by atoms with Crippen LogP contribution in [0.3, 0.4) is 0 Å². The van der Waals surface area contributed by atoms with E-state index in [1.165, 1.54) is 48.4 Å². The molecule has 0 saturated carbocycles. The number of sulfonamides is 1. The van der Waals surface area contributed by atoms with Crippen LogP contribution in [-0.2, 0) is 26.2 Å². The van der Waals surface area contributed by atoms with E-state index in [9.17, 15) is 18.0 Å². The van der Waals surface area contributed by atoms with Gasteiger partial charge in [0.25, 0.3) is 10.0 Å². The summed E-state index contributed by atoms with van der Waals surface area (Å²) in [6.45, 7) is 5.60. The molecule has 8 nitrogen and oxygen atoms in total. The molecule has 0 spiro atoms. The van der Waals surface area contributed by atoms with Crippen molar-refractivity contribution in [2.24, 2.45) is 5.92 Å². The van der Waals surface area contributed by atoms with Gasteiger partial charge in [0.05, 0.1) is 17.7 Å². The van der Waals surface area contributed by atoms with E-state index in [0.29, 0.717) is 17.3 Å². The summed E-state index contributed by atoms with van der Waals surface area (Å²) < 4.78 is 34.7. The van der Waals surface area contributed by atoms with Crippen LogP contribution in [-0.4, -0.2) is 51.4 Å². The molecule has 0 unspecified atom stereocenters. The lowest BCUT2D eigenvalue weighted by Crippen LogP contribution is -2.51. The zero-order valence-electron chi connectivity index (χ0n) is 22.8. The zero-order valence-corrected chi connectivity index (χ0v) is 26.0. The smallest absolute Gasteiger partial charge is 0.264 e. The fourth-order valence-corrected chi connectivity index (χ4v) is 5.86. The van der Waals surface area contributed by atoms with Crippen LogP contribution in [0, 0.1) is 5.92 Å². The van der Waals surface area contributed by atoms with Crippen molar-refractivity contribution in [3.63, 3.8) is 0 Å². The first-order chi connectivity index (χ1) is 18.9. The minimum absolute atomic E-state index is 0.0164. The minimum atomic E-state index is -4.19. The van der Waals surface area contributed by atoms with E-state index in [-0.39, 0.29) is 29.0 Å². The van der Waals surface area contributed by atoms with Crippen molar-refractivity contribution in [2.45, 2.75) is 38.3 Å². The van der Waals surface area contributed by atoms with Gasteiger partial charge in [0, 0.05) is 22.6 Å². The summed E-state index contributed by atoms with van der Waals surface area (Å²) in [6.07, 6.45) is 0. The predicted molar refractivity (Wildman–Crippen MR) is 161 cm³/mol. The first-order valence-electron chi connectivity index (χ1n) is 12.7. The maximum atomic E-state index is 13.9. The van der Waals surface area contributed by atoms with Crippen molar-refractivity contribution in [2.75, 3.05) is 24.5 Å². The number of rotatable bonds is 12. The Morgan fingerprint density at radius 2 is 1.65 bits per heavy atom. The van der Waals surface area contributed by atoms with Crippen LogP contribution in [0.4, 0.5) is 5.69 Å². The number of amides is 2. The number of hydrogen-bond donors (Lipinski definition) is 1. The number of benzene rings is 3. The topological polar surface area (TPSA) is 96.0 Å². The summed E-state index contributed by atoms with van der Waals surface area (Å²) >= 11 is 9.51. The fraction of sp³-hybridized carbons (Fsp3) is 0.310. The molecule has 1 N–H and O–H groups in total. The number of carbonyl (C=O) groups is 2. The normalized spacial score (nSPS) is 12.1. The third-order valence-corrected chi connectivity index (χ3v) is 8.67. The van der Waals surface area contributed by atoms with Gasteiger partial charge in [0.1, 0.15) is 18.3 Å². The quantitative estimate of drug-likeness (QED) is 0.280. The van der Waals surface area contributed by atoms with Crippen LogP contribution >= 0.6 is 27.5 Å². The lowest BCUT2D eigenvalue weighted by Gasteiger charge is -2.32. The summed E-state index contributed by atoms with van der Waals surface area (Å²) in [4.78, 5) is 28.4. The number of methoxy groups -OCH3 is 1. The highest BCUT2D eigenvalue weighted by Crippen LogP contribution is 2.27. The molecular formula is C29H33BrClN3O5S. The Kier molecular flexibility index (Phi) is 11.0. The Morgan fingerprint density at radius 1 is 1.00 bits per heavy atom. The second kappa shape index (κ2) is 14.0. The molecule has 0 fully saturated rings. The van der Waals surface area contributed by atoms with E-state index < -0.39 is 28.5 Å². The van der Waals surface area contributed by atoms with E-state index in [0.717, 1.165) is 14.3 Å². The molecule has 0 aliphatic carbocycles. The second-order valence-electron chi connectivity index (χ2n) is 9.63. The zero-order chi connectivity index (χ0) is 29.4. The molecule has 40 heavy (non-hydrogen) atoms. The molecule has 1 atom stereocenters. The van der Waals surface area contributed by atoms with Crippen molar-refractivity contribution in [3.8, 4) is 5.75 Å². The SMILES string of the molecule is COc1ccc(S(=O)(=O)N(CC(=O)N(Cc2cccc(Br)c2)[C@H](C)C(=O)NCC(C)C)c2ccc(Cl)cc2)cc1. The molecule has 3 aromatic rings. The van der Waals surface area contributed by atoms with Gasteiger partial charge < -0.3 is 15.0 Å². The number of hydrogen-bond acceptors (Lipinski definition) is 5. The molecule has 3 rings (SSSR count). The number of anilines is 1. The van der Waals surface area contributed by atoms with Gasteiger partial charge in [-0.25, -0.2) is 8.42 Å². The standard InChI is InChI=1S/C29H33BrClN3O5S/c1-20(2)17-32-29(36)21(3)33(18-22-6-5-7-23(30)16-22)28(35)19-34(25-10-8-24(31)9-11-25)40(37,38)27-14-12-26(39-4)13-15-27/h5-16,20-21H,17-19H2,1-4H3,(H,32,36)/t21-/m1/s1. The monoisotopic (exact) mass is 649 g/mol. The molecule has 0 bridgehead atoms. The molecule has 0 aromatic heterocycles. The summed E-state index contributed by atoms with van der Waals surface area (Å²) in [5.74, 6) is -0.151. The summed E-state index contributed by atoms with van der Waals surface area (Å²) in [5, 5.41) is 3.29. The number of nitrogens with one attached hydrogen (secondary N) is 1. The van der Waals surface area contributed by atoms with Crippen molar-refractivity contribution in [1.29, 1.82) is 0 Å². The lowest BCUT2D eigenvalue weighted by atomic mass is 10.1. The molecule has 2 amide bonds. The Bertz CT molecular complexity index is 1420. The van der Waals surface area contributed by atoms with Crippen LogP contribution in [0.2, 0.25) is 5.02 Å². The number of carbonyl (C=O) groups excluding carboxylic acids is 2. The lowest BCUT2D eigenvalue weighted by molar-refractivity contribution is -0.139. The first-order valence-corrected chi connectivity index (χ1v) is 15.3. The van der Waals surface area contributed by atoms with Gasteiger partial charge in [-0.1, -0.05) is 53.5 Å². The molecule has 3 aromatic carbocycles. The molecule has 214 valence electrons. The fourth-order valence-electron chi connectivity index (χ4n) is 3.88. The largest absolute Gasteiger partial charge is 0.497 e. The molecule has 0 heterocycles. The Balaban J connectivity index is 2.01. The first kappa shape index (κ1) is 31.4. The highest BCUT2D eigenvalue weighted by Gasteiger charge is 2.32. The Morgan fingerprint density at radius 3 is 2.23 bits per heavy atom. The third-order valence-electron chi connectivity index (χ3n) is 6.13. The minimum Gasteiger partial charge on any atom is -0.497 e. The number of ether oxygens (including phenoxy) is 1. The van der Waals surface area contributed by atoms with Crippen molar-refractivity contribution < 1.29 is 22.7 Å². The Hall–Kier alpha value is -3.08. The maximum Gasteiger partial charge on any atom is 0.264 e. The molecule has 0 radical (unpaired) electrons. The van der Waals surface area contributed by atoms with Gasteiger partial charge in [-0.2, -0.15) is 0 Å². The van der Waals surface area contributed by atoms with Gasteiger partial charge in [0.15, 0.2) is 0 Å². The summed E-state index contributed by atoms with van der Waals surface area (Å²) in [5.41, 5.74) is 1.04. The van der Waals surface area contributed by atoms with Crippen molar-refractivity contribution in [1.82, 2.24) is 10.2 Å². The average Bonchev–Trinajstić information content (AvgIpc) is 2.93. The van der Waals surface area contributed by atoms with Gasteiger partial charge >= 0.3 is 0 Å². The van der Waals surface area contributed by atoms with Crippen LogP contribution in [0.5, 0.6) is 5.75 Å².